The van der Waals surface area contributed by atoms with Crippen LogP contribution in [0.3, 0.4) is 0 Å². The minimum absolute atomic E-state index is 0.331. The molecule has 0 spiro atoms. The van der Waals surface area contributed by atoms with Crippen molar-refractivity contribution in [2.45, 2.75) is 125 Å². The molecule has 0 aromatic carbocycles. The van der Waals surface area contributed by atoms with Gasteiger partial charge in [-0.15, -0.1) is 0 Å². The maximum absolute atomic E-state index is 6.26. The van der Waals surface area contributed by atoms with Crippen molar-refractivity contribution in [1.29, 1.82) is 0 Å². The third-order valence-corrected chi connectivity index (χ3v) is 8.89. The number of piperidine rings is 2. The summed E-state index contributed by atoms with van der Waals surface area (Å²) < 4.78 is 12.5. The third-order valence-electron chi connectivity index (χ3n) is 8.89. The van der Waals surface area contributed by atoms with Crippen molar-refractivity contribution < 1.29 is 9.47 Å². The standard InChI is InChI=1S/C32H63N3O2/c1-30(2,3)12-18-35-24-29(25-35)37-20-14-32(7,8)22-27-21-26(9-15-33-27)23-34-16-10-28(11-17-34)36-19-13-31(4,5)6/h26-29,33H,9-25H2,1-8H3. The number of hydrogen-bond acceptors (Lipinski definition) is 5. The smallest absolute Gasteiger partial charge is 0.0828 e. The molecule has 0 aromatic rings. The lowest BCUT2D eigenvalue weighted by atomic mass is 9.78. The molecular weight excluding hydrogens is 458 g/mol. The molecule has 0 radical (unpaired) electrons. The van der Waals surface area contributed by atoms with Gasteiger partial charge in [0.25, 0.3) is 0 Å². The molecule has 3 saturated heterocycles. The third kappa shape index (κ3) is 12.7. The van der Waals surface area contributed by atoms with Crippen molar-refractivity contribution in [1.82, 2.24) is 15.1 Å². The van der Waals surface area contributed by atoms with Crippen LogP contribution in [0, 0.1) is 22.2 Å². The van der Waals surface area contributed by atoms with Crippen LogP contribution in [0.15, 0.2) is 0 Å². The zero-order valence-corrected chi connectivity index (χ0v) is 26.0. The van der Waals surface area contributed by atoms with E-state index >= 15 is 0 Å². The van der Waals surface area contributed by atoms with E-state index in [2.05, 4.69) is 70.5 Å². The lowest BCUT2D eigenvalue weighted by Crippen LogP contribution is -2.53. The first kappa shape index (κ1) is 31.3. The van der Waals surface area contributed by atoms with E-state index in [0.717, 1.165) is 45.1 Å². The first-order valence-electron chi connectivity index (χ1n) is 15.7. The van der Waals surface area contributed by atoms with Gasteiger partial charge < -0.3 is 19.7 Å². The highest BCUT2D eigenvalue weighted by Gasteiger charge is 2.32. The zero-order valence-electron chi connectivity index (χ0n) is 26.0. The molecule has 0 bridgehead atoms. The minimum Gasteiger partial charge on any atom is -0.378 e. The Morgan fingerprint density at radius 3 is 2.00 bits per heavy atom. The Morgan fingerprint density at radius 1 is 0.730 bits per heavy atom. The fourth-order valence-corrected chi connectivity index (χ4v) is 6.15. The Morgan fingerprint density at radius 2 is 1.35 bits per heavy atom. The summed E-state index contributed by atoms with van der Waals surface area (Å²) in [4.78, 5) is 5.27. The fraction of sp³-hybridized carbons (Fsp3) is 1.00. The van der Waals surface area contributed by atoms with Crippen molar-refractivity contribution in [3.63, 3.8) is 0 Å². The van der Waals surface area contributed by atoms with E-state index < -0.39 is 0 Å². The van der Waals surface area contributed by atoms with Gasteiger partial charge in [-0.25, -0.2) is 0 Å². The van der Waals surface area contributed by atoms with Crippen LogP contribution in [0.5, 0.6) is 0 Å². The van der Waals surface area contributed by atoms with E-state index in [4.69, 9.17) is 9.47 Å². The van der Waals surface area contributed by atoms with Gasteiger partial charge in [0, 0.05) is 52.0 Å². The van der Waals surface area contributed by atoms with Crippen LogP contribution in [0.1, 0.15) is 107 Å². The SMILES string of the molecule is CC(C)(C)CCOC1CCN(CC2CCNC(CC(C)(C)CCOC3CN(CCC(C)(C)C)C3)C2)CC1. The minimum atomic E-state index is 0.331. The highest BCUT2D eigenvalue weighted by Crippen LogP contribution is 2.32. The Balaban J connectivity index is 1.26. The highest BCUT2D eigenvalue weighted by molar-refractivity contribution is 4.87. The number of ether oxygens (including phenoxy) is 2. The zero-order chi connectivity index (χ0) is 27.1. The topological polar surface area (TPSA) is 37.0 Å². The van der Waals surface area contributed by atoms with E-state index in [0.29, 0.717) is 34.5 Å². The molecule has 1 N–H and O–H groups in total. The highest BCUT2D eigenvalue weighted by atomic mass is 16.5. The maximum atomic E-state index is 6.26. The number of rotatable bonds is 13. The first-order valence-corrected chi connectivity index (χ1v) is 15.7. The molecule has 5 nitrogen and oxygen atoms in total. The number of hydrogen-bond donors (Lipinski definition) is 1. The van der Waals surface area contributed by atoms with Crippen molar-refractivity contribution in [3.05, 3.63) is 0 Å². The van der Waals surface area contributed by atoms with Crippen LogP contribution in [-0.4, -0.2) is 87.1 Å². The second kappa shape index (κ2) is 13.9. The van der Waals surface area contributed by atoms with Gasteiger partial charge in [0.05, 0.1) is 12.2 Å². The quantitative estimate of drug-likeness (QED) is 0.312. The summed E-state index contributed by atoms with van der Waals surface area (Å²) in [7, 11) is 0. The van der Waals surface area contributed by atoms with Gasteiger partial charge in [0.15, 0.2) is 0 Å². The van der Waals surface area contributed by atoms with Gasteiger partial charge in [-0.3, -0.25) is 4.90 Å². The Hall–Kier alpha value is -0.200. The summed E-state index contributed by atoms with van der Waals surface area (Å²) in [5.74, 6) is 0.839. The molecule has 2 unspecified atom stereocenters. The maximum Gasteiger partial charge on any atom is 0.0828 e. The monoisotopic (exact) mass is 521 g/mol. The van der Waals surface area contributed by atoms with E-state index in [1.807, 2.05) is 0 Å². The lowest BCUT2D eigenvalue weighted by molar-refractivity contribution is -0.0642. The van der Waals surface area contributed by atoms with Crippen LogP contribution in [0.2, 0.25) is 0 Å². The Kier molecular flexibility index (Phi) is 11.8. The molecule has 0 amide bonds. The lowest BCUT2D eigenvalue weighted by Gasteiger charge is -2.41. The molecule has 0 saturated carbocycles. The van der Waals surface area contributed by atoms with Gasteiger partial charge in [0.1, 0.15) is 0 Å². The van der Waals surface area contributed by atoms with Crippen LogP contribution >= 0.6 is 0 Å². The van der Waals surface area contributed by atoms with Gasteiger partial charge in [-0.05, 0) is 86.6 Å². The van der Waals surface area contributed by atoms with E-state index in [9.17, 15) is 0 Å². The largest absolute Gasteiger partial charge is 0.378 e. The normalized spacial score (nSPS) is 25.9. The predicted molar refractivity (Wildman–Crippen MR) is 157 cm³/mol. The summed E-state index contributed by atoms with van der Waals surface area (Å²) >= 11 is 0. The molecule has 2 atom stereocenters. The van der Waals surface area contributed by atoms with Gasteiger partial charge in [0.2, 0.25) is 0 Å². The van der Waals surface area contributed by atoms with E-state index in [1.165, 1.54) is 71.2 Å². The van der Waals surface area contributed by atoms with Gasteiger partial charge in [-0.1, -0.05) is 55.4 Å². The number of nitrogens with one attached hydrogen (secondary N) is 1. The predicted octanol–water partition coefficient (Wildman–Crippen LogP) is 6.22. The summed E-state index contributed by atoms with van der Waals surface area (Å²) in [6.45, 7) is 29.0. The second-order valence-corrected chi connectivity index (χ2v) is 15.9. The van der Waals surface area contributed by atoms with Crippen LogP contribution < -0.4 is 5.32 Å². The second-order valence-electron chi connectivity index (χ2n) is 15.9. The number of nitrogens with zero attached hydrogens (tertiary/aromatic N) is 2. The molecule has 3 heterocycles. The molecule has 37 heavy (non-hydrogen) atoms. The molecule has 3 fully saturated rings. The van der Waals surface area contributed by atoms with Gasteiger partial charge in [-0.2, -0.15) is 0 Å². The molecule has 218 valence electrons. The molecule has 3 aliphatic rings. The average molecular weight is 522 g/mol. The summed E-state index contributed by atoms with van der Waals surface area (Å²) in [6, 6.07) is 0.656. The molecule has 3 rings (SSSR count). The van der Waals surface area contributed by atoms with E-state index in [1.54, 1.807) is 0 Å². The summed E-state index contributed by atoms with van der Waals surface area (Å²) in [6.07, 6.45) is 10.9. The van der Waals surface area contributed by atoms with Crippen LogP contribution in [-0.2, 0) is 9.47 Å². The van der Waals surface area contributed by atoms with Crippen LogP contribution in [0.4, 0.5) is 0 Å². The van der Waals surface area contributed by atoms with Crippen molar-refractivity contribution in [3.8, 4) is 0 Å². The average Bonchev–Trinajstić information content (AvgIpc) is 2.74. The van der Waals surface area contributed by atoms with E-state index in [-0.39, 0.29) is 0 Å². The summed E-state index contributed by atoms with van der Waals surface area (Å²) in [5, 5.41) is 3.85. The molecule has 0 aliphatic carbocycles. The first-order chi connectivity index (χ1) is 17.3. The Labute approximate surface area is 230 Å². The Bertz CT molecular complexity index is 639. The van der Waals surface area contributed by atoms with Crippen molar-refractivity contribution in [2.75, 3.05) is 59.0 Å². The van der Waals surface area contributed by atoms with Crippen molar-refractivity contribution >= 4 is 0 Å². The summed E-state index contributed by atoms with van der Waals surface area (Å²) in [5.41, 5.74) is 1.13. The molecular formula is C32H63N3O2. The molecule has 3 aliphatic heterocycles. The number of likely N-dealkylation sites (tertiary alicyclic amines) is 2. The van der Waals surface area contributed by atoms with Gasteiger partial charge >= 0.3 is 0 Å². The fourth-order valence-electron chi connectivity index (χ4n) is 6.15. The van der Waals surface area contributed by atoms with Crippen molar-refractivity contribution in [2.24, 2.45) is 22.2 Å². The molecule has 0 aromatic heterocycles. The molecule has 5 heteroatoms. The van der Waals surface area contributed by atoms with Crippen LogP contribution in [0.25, 0.3) is 0 Å².